The van der Waals surface area contributed by atoms with Crippen LogP contribution in [0.2, 0.25) is 0 Å². The number of carbonyl (C=O) groups is 1. The molecular weight excluding hydrogens is 523 g/mol. The van der Waals surface area contributed by atoms with E-state index in [2.05, 4.69) is 15.0 Å². The number of aryl methyl sites for hydroxylation is 1. The summed E-state index contributed by atoms with van der Waals surface area (Å²) in [4.78, 5) is 21.5. The molecule has 0 amide bonds. The lowest BCUT2D eigenvalue weighted by molar-refractivity contribution is -0.136. The summed E-state index contributed by atoms with van der Waals surface area (Å²) in [6.07, 6.45) is 4.18. The molecule has 1 aliphatic rings. The third-order valence-corrected chi connectivity index (χ3v) is 7.34. The first-order valence-electron chi connectivity index (χ1n) is 12.7. The maximum absolute atomic E-state index is 15.0. The highest BCUT2D eigenvalue weighted by Crippen LogP contribution is 2.41. The average Bonchev–Trinajstić information content (AvgIpc) is 3.72. The van der Waals surface area contributed by atoms with Gasteiger partial charge in [0.1, 0.15) is 17.4 Å². The zero-order chi connectivity index (χ0) is 27.9. The molecule has 3 aromatic carbocycles. The second-order valence-corrected chi connectivity index (χ2v) is 9.81. The van der Waals surface area contributed by atoms with E-state index in [4.69, 9.17) is 14.6 Å². The summed E-state index contributed by atoms with van der Waals surface area (Å²) in [5.41, 5.74) is 2.30. The lowest BCUT2D eigenvalue weighted by Gasteiger charge is -2.27. The van der Waals surface area contributed by atoms with Crippen molar-refractivity contribution in [2.24, 2.45) is 0 Å². The number of halogens is 3. The number of aliphatic carboxylic acids is 1. The van der Waals surface area contributed by atoms with Crippen LogP contribution in [0.4, 0.5) is 13.2 Å². The van der Waals surface area contributed by atoms with Gasteiger partial charge >= 0.3 is 5.97 Å². The van der Waals surface area contributed by atoms with Crippen molar-refractivity contribution in [2.75, 3.05) is 13.2 Å². The van der Waals surface area contributed by atoms with Crippen LogP contribution in [0.25, 0.3) is 22.3 Å². The van der Waals surface area contributed by atoms with Gasteiger partial charge in [-0.25, -0.2) is 18.2 Å². The summed E-state index contributed by atoms with van der Waals surface area (Å²) in [5.74, 6) is -3.56. The molecule has 5 aromatic rings. The second-order valence-electron chi connectivity index (χ2n) is 9.81. The maximum atomic E-state index is 15.0. The number of benzene rings is 3. The van der Waals surface area contributed by atoms with E-state index >= 15 is 0 Å². The van der Waals surface area contributed by atoms with Crippen molar-refractivity contribution in [3.05, 3.63) is 101 Å². The zero-order valence-corrected chi connectivity index (χ0v) is 21.1. The fourth-order valence-electron chi connectivity index (χ4n) is 5.21. The van der Waals surface area contributed by atoms with Gasteiger partial charge in [-0.3, -0.25) is 4.79 Å². The minimum atomic E-state index is -0.896. The number of fused-ring (bicyclic) bond motifs is 1. The predicted molar refractivity (Wildman–Crippen MR) is 141 cm³/mol. The number of nitrogens with zero attached hydrogens (tertiary/aromatic N) is 1. The molecule has 204 valence electrons. The van der Waals surface area contributed by atoms with Gasteiger partial charge in [0.05, 0.1) is 23.1 Å². The van der Waals surface area contributed by atoms with E-state index in [9.17, 15) is 18.0 Å². The van der Waals surface area contributed by atoms with Gasteiger partial charge in [-0.15, -0.1) is 0 Å². The van der Waals surface area contributed by atoms with Gasteiger partial charge in [0.25, 0.3) is 0 Å². The summed E-state index contributed by atoms with van der Waals surface area (Å²) in [6, 6.07) is 14.1. The van der Waals surface area contributed by atoms with Crippen molar-refractivity contribution in [2.45, 2.75) is 24.7 Å². The molecular formula is C30H24F3N3O4. The van der Waals surface area contributed by atoms with E-state index in [-0.39, 0.29) is 28.9 Å². The molecule has 10 heteroatoms. The van der Waals surface area contributed by atoms with Crippen molar-refractivity contribution in [3.63, 3.8) is 0 Å². The summed E-state index contributed by atoms with van der Waals surface area (Å²) in [5, 5.41) is 9.24. The van der Waals surface area contributed by atoms with E-state index < -0.39 is 34.6 Å². The number of aromatic amines is 2. The maximum Gasteiger partial charge on any atom is 0.303 e. The molecule has 0 radical (unpaired) electrons. The highest BCUT2D eigenvalue weighted by Gasteiger charge is 2.40. The van der Waals surface area contributed by atoms with E-state index in [1.165, 1.54) is 24.4 Å². The predicted octanol–water partition coefficient (Wildman–Crippen LogP) is 6.49. The van der Waals surface area contributed by atoms with Crippen molar-refractivity contribution in [1.29, 1.82) is 0 Å². The molecule has 1 aliphatic heterocycles. The summed E-state index contributed by atoms with van der Waals surface area (Å²) in [7, 11) is 0. The number of hydrogen-bond donors (Lipinski definition) is 3. The molecule has 0 spiro atoms. The quantitative estimate of drug-likeness (QED) is 0.206. The Kier molecular flexibility index (Phi) is 6.55. The van der Waals surface area contributed by atoms with E-state index in [0.29, 0.717) is 37.3 Å². The first-order chi connectivity index (χ1) is 19.3. The van der Waals surface area contributed by atoms with Crippen LogP contribution >= 0.6 is 0 Å². The minimum absolute atomic E-state index is 0.0195. The smallest absolute Gasteiger partial charge is 0.303 e. The Morgan fingerprint density at radius 3 is 2.77 bits per heavy atom. The largest absolute Gasteiger partial charge is 0.481 e. The molecule has 6 rings (SSSR count). The van der Waals surface area contributed by atoms with Crippen molar-refractivity contribution in [3.8, 4) is 22.9 Å². The molecule has 40 heavy (non-hydrogen) atoms. The van der Waals surface area contributed by atoms with Gasteiger partial charge in [-0.1, -0.05) is 24.3 Å². The summed E-state index contributed by atoms with van der Waals surface area (Å²) < 4.78 is 55.9. The fourth-order valence-corrected chi connectivity index (χ4v) is 5.21. The normalized spacial score (nSPS) is 17.0. The molecule has 1 unspecified atom stereocenters. The number of hydrogen-bond acceptors (Lipinski definition) is 4. The number of nitrogens with one attached hydrogen (secondary N) is 2. The average molecular weight is 548 g/mol. The monoisotopic (exact) mass is 547 g/mol. The topological polar surface area (TPSA) is 100 Å². The molecule has 1 saturated heterocycles. The third kappa shape index (κ3) is 4.60. The van der Waals surface area contributed by atoms with Gasteiger partial charge in [-0.05, 0) is 48.2 Å². The standard InChI is InChI=1S/C30H24F3N3O4/c31-22-6-5-19(40-28-23(32)14-24-20(27(28)33)8-10-34-24)13-21(22)29-35-15-25(36-29)30(9-11-39-16-30)18-3-1-2-17(12-18)4-7-26(37)38/h1-3,5-6,8,10,12-15,34H,4,7,9,11,16H2,(H,35,36)(H,37,38). The SMILES string of the molecule is O=C(O)CCc1cccc(C2(c3cnc(-c4cc(Oc5c(F)cc6[nH]ccc6c5F)ccc4F)[nH]3)CCOC2)c1. The Bertz CT molecular complexity index is 1720. The Labute approximate surface area is 226 Å². The lowest BCUT2D eigenvalue weighted by atomic mass is 9.76. The number of carboxylic acids is 1. The molecule has 0 saturated carbocycles. The van der Waals surface area contributed by atoms with E-state index in [1.54, 1.807) is 6.20 Å². The number of carboxylic acid groups (broad SMARTS) is 1. The molecule has 3 N–H and O–H groups in total. The van der Waals surface area contributed by atoms with Gasteiger partial charge in [0, 0.05) is 42.6 Å². The Morgan fingerprint density at radius 2 is 1.98 bits per heavy atom. The van der Waals surface area contributed by atoms with Crippen LogP contribution in [-0.4, -0.2) is 39.2 Å². The van der Waals surface area contributed by atoms with Crippen LogP contribution in [0.1, 0.15) is 29.7 Å². The van der Waals surface area contributed by atoms with E-state index in [0.717, 1.165) is 23.3 Å². The van der Waals surface area contributed by atoms with Crippen LogP contribution < -0.4 is 4.74 Å². The van der Waals surface area contributed by atoms with Crippen LogP contribution in [0.15, 0.2) is 67.0 Å². The highest BCUT2D eigenvalue weighted by atomic mass is 19.1. The van der Waals surface area contributed by atoms with Gasteiger partial charge in [0.2, 0.25) is 0 Å². The van der Waals surface area contributed by atoms with Crippen LogP contribution in [0, 0.1) is 17.5 Å². The van der Waals surface area contributed by atoms with Gasteiger partial charge in [-0.2, -0.15) is 0 Å². The molecule has 2 aromatic heterocycles. The molecule has 0 bridgehead atoms. The second kappa shape index (κ2) is 10.2. The van der Waals surface area contributed by atoms with Crippen molar-refractivity contribution < 1.29 is 32.5 Å². The summed E-state index contributed by atoms with van der Waals surface area (Å²) in [6.45, 7) is 0.872. The number of rotatable bonds is 8. The molecule has 1 atom stereocenters. The summed E-state index contributed by atoms with van der Waals surface area (Å²) >= 11 is 0. The van der Waals surface area contributed by atoms with E-state index in [1.807, 2.05) is 24.3 Å². The molecule has 3 heterocycles. The molecule has 1 fully saturated rings. The van der Waals surface area contributed by atoms with Gasteiger partial charge in [0.15, 0.2) is 17.4 Å². The Balaban J connectivity index is 1.33. The fraction of sp³-hybridized carbons (Fsp3) is 0.200. The highest BCUT2D eigenvalue weighted by molar-refractivity contribution is 5.82. The first kappa shape index (κ1) is 25.7. The number of H-pyrrole nitrogens is 2. The zero-order valence-electron chi connectivity index (χ0n) is 21.1. The van der Waals surface area contributed by atoms with Gasteiger partial charge < -0.3 is 24.5 Å². The minimum Gasteiger partial charge on any atom is -0.481 e. The van der Waals surface area contributed by atoms with Crippen LogP contribution in [0.3, 0.4) is 0 Å². The lowest BCUT2D eigenvalue weighted by Crippen LogP contribution is -2.28. The first-order valence-corrected chi connectivity index (χ1v) is 12.7. The molecule has 7 nitrogen and oxygen atoms in total. The van der Waals surface area contributed by atoms with Crippen LogP contribution in [-0.2, 0) is 21.4 Å². The number of imidazole rings is 1. The Morgan fingerprint density at radius 1 is 1.10 bits per heavy atom. The van der Waals surface area contributed by atoms with Crippen molar-refractivity contribution >= 4 is 16.9 Å². The molecule has 0 aliphatic carbocycles. The number of aromatic nitrogens is 3. The number of ether oxygens (including phenoxy) is 2. The van der Waals surface area contributed by atoms with Crippen molar-refractivity contribution in [1.82, 2.24) is 15.0 Å². The third-order valence-electron chi connectivity index (χ3n) is 7.34. The Hall–Kier alpha value is -4.57. The van der Waals surface area contributed by atoms with Crippen LogP contribution in [0.5, 0.6) is 11.5 Å².